The van der Waals surface area contributed by atoms with Crippen LogP contribution < -0.4 is 5.32 Å². The van der Waals surface area contributed by atoms with E-state index in [-0.39, 0.29) is 29.7 Å². The molecule has 6 heteroatoms. The van der Waals surface area contributed by atoms with Gasteiger partial charge in [-0.2, -0.15) is 0 Å². The van der Waals surface area contributed by atoms with E-state index in [0.717, 1.165) is 10.6 Å². The van der Waals surface area contributed by atoms with Crippen molar-refractivity contribution in [3.8, 4) is 0 Å². The number of aliphatic hydroxyl groups is 1. The number of thioether (sulfide) groups is 1. The van der Waals surface area contributed by atoms with Crippen LogP contribution in [0.1, 0.15) is 27.7 Å². The van der Waals surface area contributed by atoms with Crippen LogP contribution in [0.25, 0.3) is 0 Å². The van der Waals surface area contributed by atoms with Gasteiger partial charge in [-0.1, -0.05) is 6.92 Å². The quantitative estimate of drug-likeness (QED) is 0.594. The van der Waals surface area contributed by atoms with Gasteiger partial charge in [-0.3, -0.25) is 9.59 Å². The number of amides is 2. The summed E-state index contributed by atoms with van der Waals surface area (Å²) in [7, 11) is 0. The third kappa shape index (κ3) is 2.27. The summed E-state index contributed by atoms with van der Waals surface area (Å²) in [5, 5.41) is 12.4. The first kappa shape index (κ1) is 14.4. The molecule has 4 atom stereocenters. The minimum Gasteiger partial charge on any atom is -0.393 e. The van der Waals surface area contributed by atoms with Crippen molar-refractivity contribution >= 4 is 23.6 Å². The van der Waals surface area contributed by atoms with Gasteiger partial charge in [0.05, 0.1) is 23.9 Å². The maximum atomic E-state index is 12.0. The van der Waals surface area contributed by atoms with Gasteiger partial charge in [0.15, 0.2) is 0 Å². The van der Waals surface area contributed by atoms with Crippen molar-refractivity contribution in [2.75, 3.05) is 5.88 Å². The molecular weight excluding hydrogens is 264 g/mol. The summed E-state index contributed by atoms with van der Waals surface area (Å²) in [5.41, 5.74) is 0.967. The predicted molar refractivity (Wildman–Crippen MR) is 73.9 cm³/mol. The third-order valence-corrected chi connectivity index (χ3v) is 5.17. The molecule has 0 spiro atoms. The Morgan fingerprint density at radius 1 is 1.58 bits per heavy atom. The Morgan fingerprint density at radius 2 is 2.21 bits per heavy atom. The van der Waals surface area contributed by atoms with Crippen molar-refractivity contribution in [2.45, 2.75) is 39.8 Å². The highest BCUT2D eigenvalue weighted by Crippen LogP contribution is 2.49. The van der Waals surface area contributed by atoms with Gasteiger partial charge in [0.25, 0.3) is 0 Å². The van der Waals surface area contributed by atoms with Crippen LogP contribution in [0.3, 0.4) is 0 Å². The van der Waals surface area contributed by atoms with Crippen LogP contribution in [0.2, 0.25) is 0 Å². The normalized spacial score (nSPS) is 31.1. The second kappa shape index (κ2) is 5.17. The molecule has 0 saturated carbocycles. The first-order valence-electron chi connectivity index (χ1n) is 6.45. The number of allylic oxidation sites excluding steroid dienone is 1. The minimum atomic E-state index is -0.608. The molecule has 4 unspecified atom stereocenters. The lowest BCUT2D eigenvalue weighted by Gasteiger charge is -2.46. The number of carbonyl (C=O) groups is 2. The number of hydrogen-bond donors (Lipinski definition) is 2. The van der Waals surface area contributed by atoms with Gasteiger partial charge in [0.1, 0.15) is 0 Å². The van der Waals surface area contributed by atoms with Crippen molar-refractivity contribution in [1.82, 2.24) is 10.2 Å². The topological polar surface area (TPSA) is 69.6 Å². The highest BCUT2D eigenvalue weighted by molar-refractivity contribution is 8.03. The van der Waals surface area contributed by atoms with Gasteiger partial charge in [-0.25, -0.2) is 0 Å². The Kier molecular flexibility index (Phi) is 3.92. The molecule has 0 radical (unpaired) electrons. The fraction of sp³-hybridized carbons (Fsp3) is 0.692. The molecule has 2 aliphatic heterocycles. The molecule has 106 valence electrons. The Bertz CT molecular complexity index is 447. The van der Waals surface area contributed by atoms with E-state index < -0.39 is 6.10 Å². The minimum absolute atomic E-state index is 0.0134. The molecule has 1 saturated heterocycles. The summed E-state index contributed by atoms with van der Waals surface area (Å²) in [4.78, 5) is 25.8. The zero-order valence-electron chi connectivity index (χ0n) is 11.6. The molecule has 0 aromatic heterocycles. The lowest BCUT2D eigenvalue weighted by atomic mass is 9.79. The Balaban J connectivity index is 2.07. The van der Waals surface area contributed by atoms with Crippen molar-refractivity contribution in [3.63, 3.8) is 0 Å². The molecule has 1 fully saturated rings. The van der Waals surface area contributed by atoms with Crippen LogP contribution in [0.5, 0.6) is 0 Å². The fourth-order valence-corrected chi connectivity index (χ4v) is 4.14. The van der Waals surface area contributed by atoms with E-state index in [4.69, 9.17) is 0 Å². The SMILES string of the molecule is CC(=O)NCSC1=C(C)N2C(=O)C(C(C)O)C2C1C. The molecule has 0 aromatic rings. The standard InChI is InChI=1S/C13H20N2O3S/c1-6-11-10(8(3)16)13(18)15(11)7(2)12(6)19-5-14-9(4)17/h6,8,10-11,16H,5H2,1-4H3,(H,14,17). The Morgan fingerprint density at radius 3 is 2.74 bits per heavy atom. The lowest BCUT2D eigenvalue weighted by molar-refractivity contribution is -0.159. The number of β-lactam (4-membered cyclic amide) rings is 1. The maximum absolute atomic E-state index is 12.0. The fourth-order valence-electron chi connectivity index (χ4n) is 3.00. The average molecular weight is 284 g/mol. The van der Waals surface area contributed by atoms with Crippen molar-refractivity contribution in [1.29, 1.82) is 0 Å². The van der Waals surface area contributed by atoms with Gasteiger partial charge in [0.2, 0.25) is 11.8 Å². The highest BCUT2D eigenvalue weighted by Gasteiger charge is 2.57. The molecule has 2 aliphatic rings. The maximum Gasteiger partial charge on any atom is 0.234 e. The summed E-state index contributed by atoms with van der Waals surface area (Å²) in [6.07, 6.45) is -0.608. The zero-order valence-corrected chi connectivity index (χ0v) is 12.5. The molecule has 2 amide bonds. The second-order valence-electron chi connectivity index (χ2n) is 5.23. The van der Waals surface area contributed by atoms with Crippen LogP contribution in [-0.2, 0) is 9.59 Å². The summed E-state index contributed by atoms with van der Waals surface area (Å²) in [6.45, 7) is 7.17. The van der Waals surface area contributed by atoms with E-state index >= 15 is 0 Å². The highest BCUT2D eigenvalue weighted by atomic mass is 32.2. The molecule has 19 heavy (non-hydrogen) atoms. The molecule has 0 bridgehead atoms. The largest absolute Gasteiger partial charge is 0.393 e. The van der Waals surface area contributed by atoms with Gasteiger partial charge in [0, 0.05) is 23.4 Å². The molecule has 2 heterocycles. The van der Waals surface area contributed by atoms with Gasteiger partial charge < -0.3 is 15.3 Å². The number of fused-ring (bicyclic) bond motifs is 1. The van der Waals surface area contributed by atoms with Crippen LogP contribution in [0.15, 0.2) is 10.6 Å². The summed E-state index contributed by atoms with van der Waals surface area (Å²) in [6, 6.07) is 0.0762. The van der Waals surface area contributed by atoms with E-state index in [2.05, 4.69) is 12.2 Å². The smallest absolute Gasteiger partial charge is 0.234 e. The number of aliphatic hydroxyl groups excluding tert-OH is 1. The molecule has 0 aliphatic carbocycles. The number of rotatable bonds is 4. The number of carbonyl (C=O) groups excluding carboxylic acids is 2. The van der Waals surface area contributed by atoms with Crippen LogP contribution in [-0.4, -0.2) is 39.8 Å². The number of nitrogens with one attached hydrogen (secondary N) is 1. The van der Waals surface area contributed by atoms with Crippen molar-refractivity contribution in [2.24, 2.45) is 11.8 Å². The predicted octanol–water partition coefficient (Wildman–Crippen LogP) is 0.902. The van der Waals surface area contributed by atoms with Crippen molar-refractivity contribution < 1.29 is 14.7 Å². The second-order valence-corrected chi connectivity index (χ2v) is 6.24. The van der Waals surface area contributed by atoms with Crippen molar-refractivity contribution in [3.05, 3.63) is 10.6 Å². The van der Waals surface area contributed by atoms with E-state index in [9.17, 15) is 14.7 Å². The van der Waals surface area contributed by atoms with E-state index in [1.54, 1.807) is 23.6 Å². The summed E-state index contributed by atoms with van der Waals surface area (Å²) < 4.78 is 0. The third-order valence-electron chi connectivity index (χ3n) is 3.90. The summed E-state index contributed by atoms with van der Waals surface area (Å²) in [5.74, 6) is 0.400. The molecule has 5 nitrogen and oxygen atoms in total. The first-order chi connectivity index (χ1) is 8.86. The first-order valence-corrected chi connectivity index (χ1v) is 7.44. The molecule has 2 rings (SSSR count). The lowest BCUT2D eigenvalue weighted by Crippen LogP contribution is -2.62. The monoisotopic (exact) mass is 284 g/mol. The van der Waals surface area contributed by atoms with Gasteiger partial charge in [-0.15, -0.1) is 11.8 Å². The Labute approximate surface area is 117 Å². The summed E-state index contributed by atoms with van der Waals surface area (Å²) >= 11 is 1.56. The number of hydrogen-bond acceptors (Lipinski definition) is 4. The van der Waals surface area contributed by atoms with Gasteiger partial charge in [-0.05, 0) is 13.8 Å². The van der Waals surface area contributed by atoms with Crippen LogP contribution in [0, 0.1) is 11.8 Å². The van der Waals surface area contributed by atoms with E-state index in [1.165, 1.54) is 6.92 Å². The van der Waals surface area contributed by atoms with E-state index in [0.29, 0.717) is 5.88 Å². The van der Waals surface area contributed by atoms with Crippen LogP contribution >= 0.6 is 11.8 Å². The van der Waals surface area contributed by atoms with E-state index in [1.807, 2.05) is 6.92 Å². The van der Waals surface area contributed by atoms with Crippen LogP contribution in [0.4, 0.5) is 0 Å². The zero-order chi connectivity index (χ0) is 14.3. The van der Waals surface area contributed by atoms with Gasteiger partial charge >= 0.3 is 0 Å². The Hall–Kier alpha value is -1.01. The molecule has 2 N–H and O–H groups in total. The molecular formula is C13H20N2O3S. The number of nitrogens with zero attached hydrogens (tertiary/aromatic N) is 1. The molecule has 0 aromatic carbocycles. The average Bonchev–Trinajstić information content (AvgIpc) is 2.48.